The number of aliphatic hydroxyl groups excluding tert-OH is 2. The third-order valence-electron chi connectivity index (χ3n) is 2.14. The molecule has 0 radical (unpaired) electrons. The number of aromatic nitrogens is 1. The van der Waals surface area contributed by atoms with Gasteiger partial charge in [-0.25, -0.2) is 0 Å². The Morgan fingerprint density at radius 1 is 1.53 bits per heavy atom. The van der Waals surface area contributed by atoms with Crippen molar-refractivity contribution in [2.24, 2.45) is 0 Å². The maximum absolute atomic E-state index is 10.7. The molecule has 0 aromatic carbocycles. The number of halogens is 1. The van der Waals surface area contributed by atoms with E-state index in [1.165, 1.54) is 6.92 Å². The van der Waals surface area contributed by atoms with E-state index < -0.39 is 12.2 Å². The Labute approximate surface area is 113 Å². The molecule has 0 saturated heterocycles. The first-order valence-electron chi connectivity index (χ1n) is 5.11. The number of thioether (sulfide) groups is 1. The molecule has 17 heavy (non-hydrogen) atoms. The Hall–Kier alpha value is -0.430. The van der Waals surface area contributed by atoms with Crippen LogP contribution in [0.2, 0.25) is 0 Å². The maximum atomic E-state index is 10.7. The topological polar surface area (TPSA) is 70.4 Å². The fourth-order valence-electron chi connectivity index (χ4n) is 1.24. The van der Waals surface area contributed by atoms with Gasteiger partial charge in [-0.05, 0) is 34.5 Å². The number of hydrogen-bond donors (Lipinski definition) is 2. The van der Waals surface area contributed by atoms with Gasteiger partial charge in [-0.15, -0.1) is 0 Å². The van der Waals surface area contributed by atoms with Crippen LogP contribution in [-0.2, 0) is 4.79 Å². The lowest BCUT2D eigenvalue weighted by Gasteiger charge is -2.16. The summed E-state index contributed by atoms with van der Waals surface area (Å²) in [4.78, 5) is 14.7. The summed E-state index contributed by atoms with van der Waals surface area (Å²) in [5, 5.41) is 19.6. The molecule has 0 aliphatic carbocycles. The van der Waals surface area contributed by atoms with Gasteiger partial charge in [0.25, 0.3) is 0 Å². The van der Waals surface area contributed by atoms with Crippen LogP contribution < -0.4 is 0 Å². The zero-order valence-electron chi connectivity index (χ0n) is 9.34. The highest BCUT2D eigenvalue weighted by Gasteiger charge is 2.19. The fraction of sp³-hybridized carbons (Fsp3) is 0.455. The second kappa shape index (κ2) is 7.10. The molecule has 2 unspecified atom stereocenters. The van der Waals surface area contributed by atoms with E-state index in [9.17, 15) is 15.0 Å². The molecule has 4 nitrogen and oxygen atoms in total. The molecule has 0 aliphatic rings. The summed E-state index contributed by atoms with van der Waals surface area (Å²) in [6.45, 7) is 1.48. The molecule has 2 atom stereocenters. The maximum Gasteiger partial charge on any atom is 0.185 e. The molecule has 0 amide bonds. The van der Waals surface area contributed by atoms with Crippen molar-refractivity contribution in [3.05, 3.63) is 28.5 Å². The number of aliphatic hydroxyl groups is 2. The van der Waals surface area contributed by atoms with E-state index in [-0.39, 0.29) is 5.12 Å². The number of pyridine rings is 1. The third-order valence-corrected chi connectivity index (χ3v) is 3.45. The largest absolute Gasteiger partial charge is 0.390 e. The highest BCUT2D eigenvalue weighted by atomic mass is 79.9. The predicted molar refractivity (Wildman–Crippen MR) is 70.7 cm³/mol. The van der Waals surface area contributed by atoms with E-state index in [4.69, 9.17) is 0 Å². The summed E-state index contributed by atoms with van der Waals surface area (Å²) >= 11 is 4.38. The van der Waals surface area contributed by atoms with Gasteiger partial charge in [0.1, 0.15) is 6.10 Å². The fourth-order valence-corrected chi connectivity index (χ4v) is 2.12. The molecule has 6 heteroatoms. The van der Waals surface area contributed by atoms with Gasteiger partial charge >= 0.3 is 0 Å². The van der Waals surface area contributed by atoms with Crippen molar-refractivity contribution in [1.29, 1.82) is 0 Å². The van der Waals surface area contributed by atoms with E-state index in [0.717, 1.165) is 16.2 Å². The van der Waals surface area contributed by atoms with Crippen LogP contribution in [0.25, 0.3) is 0 Å². The third kappa shape index (κ3) is 5.16. The summed E-state index contributed by atoms with van der Waals surface area (Å²) in [6, 6.07) is 3.40. The minimum atomic E-state index is -1.02. The second-order valence-corrected chi connectivity index (χ2v) is 5.73. The van der Waals surface area contributed by atoms with Crippen LogP contribution in [0, 0.1) is 0 Å². The quantitative estimate of drug-likeness (QED) is 0.867. The SMILES string of the molecule is CC(=O)SCCC(O)C(O)c1ccc(Br)cn1. The van der Waals surface area contributed by atoms with Crippen molar-refractivity contribution in [2.75, 3.05) is 5.75 Å². The Morgan fingerprint density at radius 3 is 2.76 bits per heavy atom. The van der Waals surface area contributed by atoms with Gasteiger partial charge in [0, 0.05) is 23.3 Å². The predicted octanol–water partition coefficient (Wildman–Crippen LogP) is 1.91. The molecule has 1 heterocycles. The number of nitrogens with zero attached hydrogens (tertiary/aromatic N) is 1. The lowest BCUT2D eigenvalue weighted by atomic mass is 10.1. The van der Waals surface area contributed by atoms with Crippen LogP contribution in [0.15, 0.2) is 22.8 Å². The lowest BCUT2D eigenvalue weighted by Crippen LogP contribution is -2.20. The van der Waals surface area contributed by atoms with Crippen molar-refractivity contribution < 1.29 is 15.0 Å². The molecule has 1 aromatic heterocycles. The molecule has 0 bridgehead atoms. The van der Waals surface area contributed by atoms with Gasteiger partial charge in [0.2, 0.25) is 0 Å². The highest BCUT2D eigenvalue weighted by Crippen LogP contribution is 2.20. The molecule has 0 aliphatic heterocycles. The van der Waals surface area contributed by atoms with Gasteiger partial charge in [-0.1, -0.05) is 11.8 Å². The molecule has 0 spiro atoms. The summed E-state index contributed by atoms with van der Waals surface area (Å²) < 4.78 is 0.815. The van der Waals surface area contributed by atoms with Crippen molar-refractivity contribution >= 4 is 32.8 Å². The summed E-state index contributed by atoms with van der Waals surface area (Å²) in [6.07, 6.45) is -0.00940. The first-order chi connectivity index (χ1) is 8.00. The van der Waals surface area contributed by atoms with Crippen LogP contribution >= 0.6 is 27.7 Å². The monoisotopic (exact) mass is 319 g/mol. The Kier molecular flexibility index (Phi) is 6.11. The van der Waals surface area contributed by atoms with Gasteiger partial charge in [0.15, 0.2) is 5.12 Å². The molecular weight excluding hydrogens is 306 g/mol. The van der Waals surface area contributed by atoms with Crippen molar-refractivity contribution in [3.63, 3.8) is 0 Å². The van der Waals surface area contributed by atoms with Crippen molar-refractivity contribution in [3.8, 4) is 0 Å². The van der Waals surface area contributed by atoms with E-state index in [0.29, 0.717) is 17.9 Å². The summed E-state index contributed by atoms with van der Waals surface area (Å²) in [5.74, 6) is 0.490. The molecule has 1 aromatic rings. The van der Waals surface area contributed by atoms with E-state index in [1.54, 1.807) is 18.3 Å². The van der Waals surface area contributed by atoms with E-state index >= 15 is 0 Å². The molecule has 0 fully saturated rings. The van der Waals surface area contributed by atoms with Crippen LogP contribution in [0.5, 0.6) is 0 Å². The van der Waals surface area contributed by atoms with Gasteiger partial charge in [0.05, 0.1) is 11.8 Å². The first kappa shape index (κ1) is 14.6. The minimum absolute atomic E-state index is 0.00783. The van der Waals surface area contributed by atoms with Crippen molar-refractivity contribution in [2.45, 2.75) is 25.6 Å². The van der Waals surface area contributed by atoms with Gasteiger partial charge in [-0.3, -0.25) is 9.78 Å². The van der Waals surface area contributed by atoms with Crippen LogP contribution in [-0.4, -0.2) is 32.2 Å². The van der Waals surface area contributed by atoms with Crippen LogP contribution in [0.1, 0.15) is 25.1 Å². The standard InChI is InChI=1S/C11H14BrNO3S/c1-7(14)17-5-4-10(15)11(16)9-3-2-8(12)6-13-9/h2-3,6,10-11,15-16H,4-5H2,1H3. The smallest absolute Gasteiger partial charge is 0.185 e. The zero-order chi connectivity index (χ0) is 12.8. The molecule has 1 rings (SSSR count). The van der Waals surface area contributed by atoms with Crippen molar-refractivity contribution in [1.82, 2.24) is 4.98 Å². The second-order valence-electron chi connectivity index (χ2n) is 3.54. The van der Waals surface area contributed by atoms with Gasteiger partial charge < -0.3 is 10.2 Å². The Balaban J connectivity index is 2.48. The average Bonchev–Trinajstić information content (AvgIpc) is 2.28. The van der Waals surface area contributed by atoms with E-state index in [2.05, 4.69) is 20.9 Å². The average molecular weight is 320 g/mol. The Bertz CT molecular complexity index is 371. The molecular formula is C11H14BrNO3S. The van der Waals surface area contributed by atoms with Gasteiger partial charge in [-0.2, -0.15) is 0 Å². The number of carbonyl (C=O) groups is 1. The summed E-state index contributed by atoms with van der Waals surface area (Å²) in [5.41, 5.74) is 0.425. The number of hydrogen-bond acceptors (Lipinski definition) is 5. The molecule has 2 N–H and O–H groups in total. The number of carbonyl (C=O) groups excluding carboxylic acids is 1. The highest BCUT2D eigenvalue weighted by molar-refractivity contribution is 9.10. The zero-order valence-corrected chi connectivity index (χ0v) is 11.7. The van der Waals surface area contributed by atoms with E-state index in [1.807, 2.05) is 0 Å². The first-order valence-corrected chi connectivity index (χ1v) is 6.89. The molecule has 0 saturated carbocycles. The Morgan fingerprint density at radius 2 is 2.24 bits per heavy atom. The minimum Gasteiger partial charge on any atom is -0.390 e. The lowest BCUT2D eigenvalue weighted by molar-refractivity contribution is -0.109. The molecule has 94 valence electrons. The number of rotatable bonds is 5. The summed E-state index contributed by atoms with van der Waals surface area (Å²) in [7, 11) is 0. The van der Waals surface area contributed by atoms with Crippen LogP contribution in [0.3, 0.4) is 0 Å². The normalized spacial score (nSPS) is 14.4. The van der Waals surface area contributed by atoms with Crippen LogP contribution in [0.4, 0.5) is 0 Å².